The van der Waals surface area contributed by atoms with Crippen LogP contribution >= 0.6 is 23.6 Å². The van der Waals surface area contributed by atoms with E-state index < -0.39 is 4.92 Å². The number of nitro groups is 1. The van der Waals surface area contributed by atoms with Gasteiger partial charge in [0.15, 0.2) is 5.13 Å². The first kappa shape index (κ1) is 20.6. The van der Waals surface area contributed by atoms with E-state index >= 15 is 0 Å². The van der Waals surface area contributed by atoms with Gasteiger partial charge < -0.3 is 9.73 Å². The zero-order valence-corrected chi connectivity index (χ0v) is 17.8. The van der Waals surface area contributed by atoms with Gasteiger partial charge in [-0.15, -0.1) is 16.4 Å². The molecule has 0 bridgehead atoms. The standard InChI is InChI=1S/C20H15N5O4S2/c1-12-5-7-13(8-6-12)18-23-24(20(30)29-18)10-17(26)22-19-21-16(11-31-19)14-3-2-4-15(9-14)25(27)28/h2-9,11H,10H2,1H3,(H,21,22,26). The lowest BCUT2D eigenvalue weighted by atomic mass is 10.1. The molecule has 2 heterocycles. The molecule has 0 fully saturated rings. The predicted octanol–water partition coefficient (Wildman–Crippen LogP) is 4.85. The number of hydrogen-bond donors (Lipinski definition) is 1. The van der Waals surface area contributed by atoms with Crippen molar-refractivity contribution in [2.24, 2.45) is 0 Å². The van der Waals surface area contributed by atoms with Crippen molar-refractivity contribution < 1.29 is 14.1 Å². The molecular formula is C20H15N5O4S2. The molecule has 1 amide bonds. The minimum atomic E-state index is -0.467. The van der Waals surface area contributed by atoms with Crippen molar-refractivity contribution in [3.8, 4) is 22.7 Å². The molecule has 0 atom stereocenters. The molecule has 0 aliphatic heterocycles. The van der Waals surface area contributed by atoms with E-state index in [4.69, 9.17) is 16.6 Å². The van der Waals surface area contributed by atoms with E-state index in [-0.39, 0.29) is 23.0 Å². The Morgan fingerprint density at radius 1 is 1.26 bits per heavy atom. The second kappa shape index (κ2) is 8.58. The second-order valence-corrected chi connectivity index (χ2v) is 7.80. The van der Waals surface area contributed by atoms with E-state index in [2.05, 4.69) is 15.4 Å². The first-order valence-electron chi connectivity index (χ1n) is 9.04. The van der Waals surface area contributed by atoms with Crippen molar-refractivity contribution in [3.05, 3.63) is 74.4 Å². The van der Waals surface area contributed by atoms with Crippen LogP contribution in [0.25, 0.3) is 22.7 Å². The average molecular weight is 454 g/mol. The molecule has 2 aromatic carbocycles. The number of nitro benzene ring substituents is 1. The SMILES string of the molecule is Cc1ccc(-c2nn(CC(=O)Nc3nc(-c4cccc([N+](=O)[O-])c4)cs3)c(=S)o2)cc1. The smallest absolute Gasteiger partial charge is 0.287 e. The lowest BCUT2D eigenvalue weighted by Gasteiger charge is -2.01. The number of carbonyl (C=O) groups is 1. The van der Waals surface area contributed by atoms with Crippen LogP contribution < -0.4 is 5.32 Å². The van der Waals surface area contributed by atoms with Gasteiger partial charge in [-0.2, -0.15) is 0 Å². The van der Waals surface area contributed by atoms with Crippen molar-refractivity contribution in [3.63, 3.8) is 0 Å². The van der Waals surface area contributed by atoms with E-state index in [0.717, 1.165) is 11.1 Å². The number of aryl methyl sites for hydroxylation is 1. The molecule has 4 aromatic rings. The molecule has 9 nitrogen and oxygen atoms in total. The normalized spacial score (nSPS) is 10.7. The predicted molar refractivity (Wildman–Crippen MR) is 118 cm³/mol. The van der Waals surface area contributed by atoms with Gasteiger partial charge in [-0.1, -0.05) is 29.8 Å². The van der Waals surface area contributed by atoms with Crippen LogP contribution in [0.4, 0.5) is 10.8 Å². The van der Waals surface area contributed by atoms with Crippen LogP contribution in [0.3, 0.4) is 0 Å². The molecule has 0 saturated carbocycles. The van der Waals surface area contributed by atoms with Gasteiger partial charge in [0.2, 0.25) is 11.8 Å². The fourth-order valence-electron chi connectivity index (χ4n) is 2.76. The van der Waals surface area contributed by atoms with Crippen LogP contribution in [0, 0.1) is 21.9 Å². The summed E-state index contributed by atoms with van der Waals surface area (Å²) in [6.45, 7) is 1.84. The van der Waals surface area contributed by atoms with E-state index in [1.807, 2.05) is 31.2 Å². The Bertz CT molecular complexity index is 1320. The van der Waals surface area contributed by atoms with Crippen LogP contribution in [0.15, 0.2) is 58.3 Å². The van der Waals surface area contributed by atoms with Crippen LogP contribution in [-0.4, -0.2) is 25.6 Å². The molecule has 0 aliphatic rings. The first-order chi connectivity index (χ1) is 14.9. The molecule has 2 aromatic heterocycles. The average Bonchev–Trinajstić information content (AvgIpc) is 3.35. The molecular weight excluding hydrogens is 438 g/mol. The molecule has 0 aliphatic carbocycles. The number of nitrogens with zero attached hydrogens (tertiary/aromatic N) is 4. The van der Waals surface area contributed by atoms with Gasteiger partial charge in [-0.25, -0.2) is 9.67 Å². The summed E-state index contributed by atoms with van der Waals surface area (Å²) in [6.07, 6.45) is 0. The molecule has 0 unspecified atom stereocenters. The van der Waals surface area contributed by atoms with Crippen molar-refractivity contribution in [2.75, 3.05) is 5.32 Å². The van der Waals surface area contributed by atoms with Crippen molar-refractivity contribution in [1.82, 2.24) is 14.8 Å². The van der Waals surface area contributed by atoms with Crippen LogP contribution in [0.2, 0.25) is 0 Å². The number of anilines is 1. The molecule has 31 heavy (non-hydrogen) atoms. The Morgan fingerprint density at radius 3 is 2.77 bits per heavy atom. The molecule has 156 valence electrons. The highest BCUT2D eigenvalue weighted by atomic mass is 32.1. The number of thiazole rings is 1. The number of nitrogens with one attached hydrogen (secondary N) is 1. The zero-order chi connectivity index (χ0) is 22.0. The Kier molecular flexibility index (Phi) is 5.69. The molecule has 11 heteroatoms. The van der Waals surface area contributed by atoms with Gasteiger partial charge in [0, 0.05) is 28.6 Å². The van der Waals surface area contributed by atoms with Crippen molar-refractivity contribution in [2.45, 2.75) is 13.5 Å². The fraction of sp³-hybridized carbons (Fsp3) is 0.100. The van der Waals surface area contributed by atoms with Crippen LogP contribution in [0.1, 0.15) is 5.56 Å². The molecule has 0 spiro atoms. The number of hydrogen-bond acceptors (Lipinski definition) is 8. The van der Waals surface area contributed by atoms with Gasteiger partial charge in [0.25, 0.3) is 10.5 Å². The summed E-state index contributed by atoms with van der Waals surface area (Å²) in [5.74, 6) is -0.0418. The Balaban J connectivity index is 1.45. The maximum Gasteiger partial charge on any atom is 0.287 e. The number of amides is 1. The quantitative estimate of drug-likeness (QED) is 0.252. The van der Waals surface area contributed by atoms with Crippen molar-refractivity contribution >= 4 is 40.3 Å². The Morgan fingerprint density at radius 2 is 2.03 bits per heavy atom. The molecule has 0 radical (unpaired) electrons. The summed E-state index contributed by atoms with van der Waals surface area (Å²) >= 11 is 6.38. The summed E-state index contributed by atoms with van der Waals surface area (Å²) in [5.41, 5.74) is 2.96. The van der Waals surface area contributed by atoms with Gasteiger partial charge in [0.05, 0.1) is 10.6 Å². The number of aromatic nitrogens is 3. The van der Waals surface area contributed by atoms with Gasteiger partial charge in [-0.3, -0.25) is 14.9 Å². The summed E-state index contributed by atoms with van der Waals surface area (Å²) in [5, 5.41) is 20.0. The van der Waals surface area contributed by atoms with E-state index in [0.29, 0.717) is 22.3 Å². The minimum Gasteiger partial charge on any atom is -0.409 e. The lowest BCUT2D eigenvalue weighted by Crippen LogP contribution is -2.19. The Hall–Kier alpha value is -3.70. The fourth-order valence-corrected chi connectivity index (χ4v) is 3.68. The maximum atomic E-state index is 12.4. The third kappa shape index (κ3) is 4.73. The molecule has 1 N–H and O–H groups in total. The summed E-state index contributed by atoms with van der Waals surface area (Å²) < 4.78 is 6.80. The number of carbonyl (C=O) groups excluding carboxylic acids is 1. The first-order valence-corrected chi connectivity index (χ1v) is 10.3. The maximum absolute atomic E-state index is 12.4. The Labute approximate surface area is 185 Å². The highest BCUT2D eigenvalue weighted by Gasteiger charge is 2.14. The minimum absolute atomic E-state index is 0.0270. The van der Waals surface area contributed by atoms with Gasteiger partial charge in [-0.05, 0) is 31.3 Å². The lowest BCUT2D eigenvalue weighted by molar-refractivity contribution is -0.384. The number of non-ortho nitro benzene ring substituents is 1. The van der Waals surface area contributed by atoms with E-state index in [9.17, 15) is 14.9 Å². The van der Waals surface area contributed by atoms with E-state index in [1.165, 1.54) is 28.2 Å². The third-order valence-electron chi connectivity index (χ3n) is 4.30. The molecule has 0 saturated heterocycles. The largest absolute Gasteiger partial charge is 0.409 e. The zero-order valence-electron chi connectivity index (χ0n) is 16.1. The van der Waals surface area contributed by atoms with Gasteiger partial charge in [0.1, 0.15) is 6.54 Å². The van der Waals surface area contributed by atoms with E-state index in [1.54, 1.807) is 17.5 Å². The number of benzene rings is 2. The van der Waals surface area contributed by atoms with Gasteiger partial charge >= 0.3 is 0 Å². The summed E-state index contributed by atoms with van der Waals surface area (Å²) in [7, 11) is 0. The van der Waals surface area contributed by atoms with Crippen LogP contribution in [-0.2, 0) is 11.3 Å². The number of rotatable bonds is 6. The second-order valence-electron chi connectivity index (χ2n) is 6.59. The highest BCUT2D eigenvalue weighted by molar-refractivity contribution is 7.71. The summed E-state index contributed by atoms with van der Waals surface area (Å²) in [4.78, 5) is 27.3. The topological polar surface area (TPSA) is 116 Å². The highest BCUT2D eigenvalue weighted by Crippen LogP contribution is 2.27. The van der Waals surface area contributed by atoms with Crippen molar-refractivity contribution in [1.29, 1.82) is 0 Å². The molecule has 4 rings (SSSR count). The third-order valence-corrected chi connectivity index (χ3v) is 5.35. The monoisotopic (exact) mass is 453 g/mol. The summed E-state index contributed by atoms with van der Waals surface area (Å²) in [6, 6.07) is 13.7. The van der Waals surface area contributed by atoms with Crippen LogP contribution in [0.5, 0.6) is 0 Å².